The van der Waals surface area contributed by atoms with E-state index < -0.39 is 0 Å². The summed E-state index contributed by atoms with van der Waals surface area (Å²) >= 11 is 0. The van der Waals surface area contributed by atoms with E-state index in [0.29, 0.717) is 17.0 Å². The van der Waals surface area contributed by atoms with Gasteiger partial charge in [-0.2, -0.15) is 0 Å². The van der Waals surface area contributed by atoms with Gasteiger partial charge in [0, 0.05) is 31.0 Å². The monoisotopic (exact) mass is 297 g/mol. The Morgan fingerprint density at radius 1 is 1.18 bits per heavy atom. The van der Waals surface area contributed by atoms with Crippen LogP contribution in [0.5, 0.6) is 0 Å². The van der Waals surface area contributed by atoms with Crippen LogP contribution in [0, 0.1) is 5.92 Å². The molecule has 1 aliphatic heterocycles. The fraction of sp³-hybridized carbons (Fsp3) is 0.353. The number of nitrogens with one attached hydrogen (secondary N) is 1. The summed E-state index contributed by atoms with van der Waals surface area (Å²) in [7, 11) is 0. The summed E-state index contributed by atoms with van der Waals surface area (Å²) in [6.45, 7) is 3.71. The molecule has 0 atom stereocenters. The van der Waals surface area contributed by atoms with Crippen LogP contribution in [0.1, 0.15) is 46.3 Å². The van der Waals surface area contributed by atoms with Gasteiger partial charge in [0.1, 0.15) is 0 Å². The Morgan fingerprint density at radius 3 is 2.50 bits per heavy atom. The molecular formula is C17H19N3O2. The molecule has 0 spiro atoms. The molecule has 1 saturated heterocycles. The molecule has 0 bridgehead atoms. The van der Waals surface area contributed by atoms with Crippen molar-refractivity contribution in [3.63, 3.8) is 0 Å². The second kappa shape index (κ2) is 6.13. The van der Waals surface area contributed by atoms with Crippen LogP contribution in [0.2, 0.25) is 0 Å². The van der Waals surface area contributed by atoms with Gasteiger partial charge in [0.2, 0.25) is 5.78 Å². The zero-order chi connectivity index (χ0) is 15.5. The molecule has 22 heavy (non-hydrogen) atoms. The van der Waals surface area contributed by atoms with E-state index in [9.17, 15) is 9.59 Å². The van der Waals surface area contributed by atoms with Crippen LogP contribution in [-0.2, 0) is 0 Å². The van der Waals surface area contributed by atoms with Crippen molar-refractivity contribution in [1.29, 1.82) is 0 Å². The Hall–Kier alpha value is -2.43. The number of hydrogen-bond acceptors (Lipinski definition) is 3. The normalized spacial score (nSPS) is 15.8. The van der Waals surface area contributed by atoms with E-state index in [4.69, 9.17) is 0 Å². The van der Waals surface area contributed by atoms with Crippen molar-refractivity contribution < 1.29 is 9.59 Å². The summed E-state index contributed by atoms with van der Waals surface area (Å²) in [6.07, 6.45) is 5.16. The van der Waals surface area contributed by atoms with Gasteiger partial charge in [-0.1, -0.05) is 25.1 Å². The number of amides is 1. The molecule has 1 aromatic heterocycles. The fourth-order valence-electron chi connectivity index (χ4n) is 2.77. The third-order valence-corrected chi connectivity index (χ3v) is 4.19. The predicted octanol–water partition coefficient (Wildman–Crippen LogP) is 2.51. The molecule has 114 valence electrons. The minimum Gasteiger partial charge on any atom is -0.342 e. The third kappa shape index (κ3) is 2.79. The standard InChI is InChI=1S/C17H19N3O2/c1-12-6-10-20(11-7-12)17(22)14-5-3-2-4-13(14)15(21)16-18-8-9-19-16/h2-5,8-9,12H,6-7,10-11H2,1H3,(H,18,19). The van der Waals surface area contributed by atoms with Crippen LogP contribution in [0.15, 0.2) is 36.7 Å². The lowest BCUT2D eigenvalue weighted by Crippen LogP contribution is -2.38. The maximum Gasteiger partial charge on any atom is 0.254 e. The maximum atomic E-state index is 12.7. The Labute approximate surface area is 129 Å². The van der Waals surface area contributed by atoms with Gasteiger partial charge in [-0.05, 0) is 24.8 Å². The van der Waals surface area contributed by atoms with Crippen LogP contribution < -0.4 is 0 Å². The molecule has 1 aromatic carbocycles. The number of rotatable bonds is 3. The first-order chi connectivity index (χ1) is 10.7. The van der Waals surface area contributed by atoms with Crippen molar-refractivity contribution in [2.45, 2.75) is 19.8 Å². The average molecular weight is 297 g/mol. The summed E-state index contributed by atoms with van der Waals surface area (Å²) < 4.78 is 0. The maximum absolute atomic E-state index is 12.7. The smallest absolute Gasteiger partial charge is 0.254 e. The highest BCUT2D eigenvalue weighted by Crippen LogP contribution is 2.20. The third-order valence-electron chi connectivity index (χ3n) is 4.19. The molecule has 0 radical (unpaired) electrons. The molecule has 2 heterocycles. The fourth-order valence-corrected chi connectivity index (χ4v) is 2.77. The Bertz CT molecular complexity index is 671. The zero-order valence-electron chi connectivity index (χ0n) is 12.6. The molecule has 1 aliphatic rings. The van der Waals surface area contributed by atoms with Gasteiger partial charge in [0.25, 0.3) is 5.91 Å². The lowest BCUT2D eigenvalue weighted by atomic mass is 9.97. The lowest BCUT2D eigenvalue weighted by molar-refractivity contribution is 0.0693. The average Bonchev–Trinajstić information content (AvgIpc) is 3.09. The van der Waals surface area contributed by atoms with E-state index in [1.165, 1.54) is 6.20 Å². The summed E-state index contributed by atoms with van der Waals surface area (Å²) in [6, 6.07) is 6.96. The van der Waals surface area contributed by atoms with Crippen molar-refractivity contribution >= 4 is 11.7 Å². The molecule has 0 unspecified atom stereocenters. The Kier molecular flexibility index (Phi) is 4.04. The van der Waals surface area contributed by atoms with E-state index in [2.05, 4.69) is 16.9 Å². The number of ketones is 1. The van der Waals surface area contributed by atoms with Gasteiger partial charge in [0.05, 0.1) is 5.56 Å². The lowest BCUT2D eigenvalue weighted by Gasteiger charge is -2.30. The van der Waals surface area contributed by atoms with Gasteiger partial charge in [-0.3, -0.25) is 9.59 Å². The minimum absolute atomic E-state index is 0.0672. The highest BCUT2D eigenvalue weighted by molar-refractivity contribution is 6.13. The first-order valence-electron chi connectivity index (χ1n) is 7.59. The first-order valence-corrected chi connectivity index (χ1v) is 7.59. The van der Waals surface area contributed by atoms with Gasteiger partial charge < -0.3 is 9.88 Å². The van der Waals surface area contributed by atoms with Crippen LogP contribution in [-0.4, -0.2) is 39.6 Å². The highest BCUT2D eigenvalue weighted by atomic mass is 16.2. The molecule has 5 nitrogen and oxygen atoms in total. The summed E-state index contributed by atoms with van der Waals surface area (Å²) in [4.78, 5) is 33.9. The number of piperidine rings is 1. The number of aromatic amines is 1. The van der Waals surface area contributed by atoms with Gasteiger partial charge in [0.15, 0.2) is 5.82 Å². The summed E-state index contributed by atoms with van der Waals surface area (Å²) in [5, 5.41) is 0. The quantitative estimate of drug-likeness (QED) is 0.885. The Balaban J connectivity index is 1.88. The van der Waals surface area contributed by atoms with E-state index in [1.54, 1.807) is 30.5 Å². The van der Waals surface area contributed by atoms with E-state index >= 15 is 0 Å². The SMILES string of the molecule is CC1CCN(C(=O)c2ccccc2C(=O)c2ncc[nH]2)CC1. The number of aromatic nitrogens is 2. The van der Waals surface area contributed by atoms with Crippen molar-refractivity contribution in [3.8, 4) is 0 Å². The van der Waals surface area contributed by atoms with Crippen molar-refractivity contribution in [3.05, 3.63) is 53.6 Å². The van der Waals surface area contributed by atoms with Crippen molar-refractivity contribution in [2.75, 3.05) is 13.1 Å². The summed E-state index contributed by atoms with van der Waals surface area (Å²) in [5.41, 5.74) is 0.861. The molecule has 3 rings (SSSR count). The van der Waals surface area contributed by atoms with Gasteiger partial charge in [-0.15, -0.1) is 0 Å². The molecule has 1 fully saturated rings. The second-order valence-electron chi connectivity index (χ2n) is 5.79. The molecule has 1 N–H and O–H groups in total. The number of nitrogens with zero attached hydrogens (tertiary/aromatic N) is 2. The topological polar surface area (TPSA) is 66.1 Å². The number of hydrogen-bond donors (Lipinski definition) is 1. The van der Waals surface area contributed by atoms with E-state index in [1.807, 2.05) is 4.90 Å². The molecule has 2 aromatic rings. The number of carbonyl (C=O) groups is 2. The zero-order valence-corrected chi connectivity index (χ0v) is 12.6. The molecular weight excluding hydrogens is 278 g/mol. The molecule has 5 heteroatoms. The van der Waals surface area contributed by atoms with Crippen LogP contribution in [0.4, 0.5) is 0 Å². The number of likely N-dealkylation sites (tertiary alicyclic amines) is 1. The molecule has 0 aliphatic carbocycles. The van der Waals surface area contributed by atoms with Gasteiger partial charge >= 0.3 is 0 Å². The number of H-pyrrole nitrogens is 1. The first kappa shape index (κ1) is 14.5. The predicted molar refractivity (Wildman–Crippen MR) is 82.8 cm³/mol. The largest absolute Gasteiger partial charge is 0.342 e. The number of imidazole rings is 1. The number of carbonyl (C=O) groups excluding carboxylic acids is 2. The van der Waals surface area contributed by atoms with Crippen molar-refractivity contribution in [2.24, 2.45) is 5.92 Å². The number of benzene rings is 1. The van der Waals surface area contributed by atoms with E-state index in [-0.39, 0.29) is 17.5 Å². The molecule has 1 amide bonds. The van der Waals surface area contributed by atoms with Gasteiger partial charge in [-0.25, -0.2) is 4.98 Å². The summed E-state index contributed by atoms with van der Waals surface area (Å²) in [5.74, 6) is 0.596. The van der Waals surface area contributed by atoms with Crippen LogP contribution >= 0.6 is 0 Å². The molecule has 0 saturated carbocycles. The highest BCUT2D eigenvalue weighted by Gasteiger charge is 2.25. The minimum atomic E-state index is -0.251. The van der Waals surface area contributed by atoms with E-state index in [0.717, 1.165) is 25.9 Å². The van der Waals surface area contributed by atoms with Crippen LogP contribution in [0.3, 0.4) is 0 Å². The van der Waals surface area contributed by atoms with Crippen LogP contribution in [0.25, 0.3) is 0 Å². The Morgan fingerprint density at radius 2 is 1.86 bits per heavy atom. The second-order valence-corrected chi connectivity index (χ2v) is 5.79. The van der Waals surface area contributed by atoms with Crippen molar-refractivity contribution in [1.82, 2.24) is 14.9 Å².